The zero-order chi connectivity index (χ0) is 15.2. The Kier molecular flexibility index (Phi) is 11.8. The number of nitrogens with two attached hydrogens (primary N) is 4. The van der Waals surface area contributed by atoms with Crippen LogP contribution in [0.3, 0.4) is 0 Å². The minimum atomic E-state index is -0.505. The fourth-order valence-electron chi connectivity index (χ4n) is 1.56. The van der Waals surface area contributed by atoms with Gasteiger partial charge in [-0.3, -0.25) is 9.79 Å². The molecule has 0 aliphatic rings. The molecule has 0 aromatic rings. The molecule has 0 bridgehead atoms. The standard InChI is InChI=1S/C12H29N7O/c13-5-2-6-17-7-3-9-18-11(20)10(14)4-1-8-19-12(15)16/h10,17H,1-9,13-14H2,(H,18,20)(H4,15,16,19). The molecule has 0 saturated carbocycles. The first-order valence-electron chi connectivity index (χ1n) is 7.07. The van der Waals surface area contributed by atoms with E-state index >= 15 is 0 Å². The van der Waals surface area contributed by atoms with Crippen LogP contribution in [0.4, 0.5) is 0 Å². The molecule has 0 aliphatic heterocycles. The summed E-state index contributed by atoms with van der Waals surface area (Å²) >= 11 is 0. The summed E-state index contributed by atoms with van der Waals surface area (Å²) in [6.07, 6.45) is 3.09. The molecule has 0 rings (SSSR count). The molecular weight excluding hydrogens is 258 g/mol. The van der Waals surface area contributed by atoms with Gasteiger partial charge in [0.15, 0.2) is 5.96 Å². The second kappa shape index (κ2) is 12.6. The molecule has 20 heavy (non-hydrogen) atoms. The molecule has 8 nitrogen and oxygen atoms in total. The van der Waals surface area contributed by atoms with E-state index in [4.69, 9.17) is 22.9 Å². The number of carbonyl (C=O) groups excluding carboxylic acids is 1. The summed E-state index contributed by atoms with van der Waals surface area (Å²) in [5, 5.41) is 6.05. The third-order valence-electron chi connectivity index (χ3n) is 2.69. The number of nitrogens with one attached hydrogen (secondary N) is 2. The van der Waals surface area contributed by atoms with Crippen molar-refractivity contribution in [1.82, 2.24) is 10.6 Å². The Morgan fingerprint density at radius 3 is 2.45 bits per heavy atom. The molecule has 1 amide bonds. The first kappa shape index (κ1) is 18.6. The quantitative estimate of drug-likeness (QED) is 0.136. The molecule has 0 radical (unpaired) electrons. The normalized spacial score (nSPS) is 11.9. The molecule has 10 N–H and O–H groups in total. The topological polar surface area (TPSA) is 158 Å². The lowest BCUT2D eigenvalue weighted by Gasteiger charge is -2.11. The Bertz CT molecular complexity index is 279. The molecule has 8 heteroatoms. The fraction of sp³-hybridized carbons (Fsp3) is 0.833. The molecule has 1 unspecified atom stereocenters. The van der Waals surface area contributed by atoms with E-state index in [0.717, 1.165) is 25.9 Å². The van der Waals surface area contributed by atoms with Crippen LogP contribution >= 0.6 is 0 Å². The van der Waals surface area contributed by atoms with E-state index in [1.54, 1.807) is 0 Å². The zero-order valence-corrected chi connectivity index (χ0v) is 12.1. The van der Waals surface area contributed by atoms with Crippen molar-refractivity contribution in [2.75, 3.05) is 32.7 Å². The SMILES string of the molecule is NCCCNCCCNC(=O)C(N)CCCN=C(N)N. The Morgan fingerprint density at radius 1 is 1.10 bits per heavy atom. The number of hydrogen-bond donors (Lipinski definition) is 6. The van der Waals surface area contributed by atoms with Gasteiger partial charge in [0.2, 0.25) is 5.91 Å². The largest absolute Gasteiger partial charge is 0.370 e. The summed E-state index contributed by atoms with van der Waals surface area (Å²) in [5.41, 5.74) is 21.5. The van der Waals surface area contributed by atoms with E-state index in [0.29, 0.717) is 32.5 Å². The van der Waals surface area contributed by atoms with Gasteiger partial charge in [-0.15, -0.1) is 0 Å². The van der Waals surface area contributed by atoms with Gasteiger partial charge in [0.05, 0.1) is 6.04 Å². The van der Waals surface area contributed by atoms with E-state index in [1.165, 1.54) is 0 Å². The first-order chi connectivity index (χ1) is 9.57. The van der Waals surface area contributed by atoms with Gasteiger partial charge in [0, 0.05) is 13.1 Å². The van der Waals surface area contributed by atoms with E-state index in [1.807, 2.05) is 0 Å². The monoisotopic (exact) mass is 287 g/mol. The van der Waals surface area contributed by atoms with Crippen molar-refractivity contribution >= 4 is 11.9 Å². The van der Waals surface area contributed by atoms with Gasteiger partial charge < -0.3 is 33.6 Å². The third-order valence-corrected chi connectivity index (χ3v) is 2.69. The van der Waals surface area contributed by atoms with Gasteiger partial charge in [0.25, 0.3) is 0 Å². The molecule has 0 aromatic heterocycles. The van der Waals surface area contributed by atoms with Gasteiger partial charge in [-0.25, -0.2) is 0 Å². The Morgan fingerprint density at radius 2 is 1.80 bits per heavy atom. The number of amides is 1. The highest BCUT2D eigenvalue weighted by molar-refractivity contribution is 5.81. The van der Waals surface area contributed by atoms with Crippen LogP contribution in [0.2, 0.25) is 0 Å². The Balaban J connectivity index is 3.48. The number of carbonyl (C=O) groups is 1. The third kappa shape index (κ3) is 11.7. The molecule has 0 spiro atoms. The van der Waals surface area contributed by atoms with E-state index in [-0.39, 0.29) is 11.9 Å². The zero-order valence-electron chi connectivity index (χ0n) is 12.1. The van der Waals surface area contributed by atoms with Gasteiger partial charge in [-0.1, -0.05) is 0 Å². The van der Waals surface area contributed by atoms with Crippen molar-refractivity contribution in [2.24, 2.45) is 27.9 Å². The van der Waals surface area contributed by atoms with Crippen molar-refractivity contribution in [3.63, 3.8) is 0 Å². The maximum absolute atomic E-state index is 11.6. The number of hydrogen-bond acceptors (Lipinski definition) is 5. The second-order valence-electron chi connectivity index (χ2n) is 4.59. The van der Waals surface area contributed by atoms with Gasteiger partial charge in [-0.05, 0) is 45.3 Å². The van der Waals surface area contributed by atoms with Gasteiger partial charge in [0.1, 0.15) is 0 Å². The molecule has 118 valence electrons. The number of rotatable bonds is 12. The van der Waals surface area contributed by atoms with Crippen LogP contribution in [0.25, 0.3) is 0 Å². The molecule has 0 heterocycles. The van der Waals surface area contributed by atoms with Crippen LogP contribution in [0.5, 0.6) is 0 Å². The van der Waals surface area contributed by atoms with Crippen molar-refractivity contribution in [1.29, 1.82) is 0 Å². The number of aliphatic imine (C=N–C) groups is 1. The van der Waals surface area contributed by atoms with Gasteiger partial charge >= 0.3 is 0 Å². The molecule has 0 aromatic carbocycles. The molecular formula is C12H29N7O. The van der Waals surface area contributed by atoms with Crippen LogP contribution in [-0.4, -0.2) is 50.6 Å². The highest BCUT2D eigenvalue weighted by Gasteiger charge is 2.11. The smallest absolute Gasteiger partial charge is 0.236 e. The lowest BCUT2D eigenvalue weighted by Crippen LogP contribution is -2.41. The maximum atomic E-state index is 11.6. The van der Waals surface area contributed by atoms with E-state index in [2.05, 4.69) is 15.6 Å². The van der Waals surface area contributed by atoms with Crippen LogP contribution in [0, 0.1) is 0 Å². The van der Waals surface area contributed by atoms with Crippen molar-refractivity contribution in [3.8, 4) is 0 Å². The Hall–Kier alpha value is -1.38. The average molecular weight is 287 g/mol. The highest BCUT2D eigenvalue weighted by Crippen LogP contribution is 1.95. The fourth-order valence-corrected chi connectivity index (χ4v) is 1.56. The summed E-state index contributed by atoms with van der Waals surface area (Å²) in [4.78, 5) is 15.5. The van der Waals surface area contributed by atoms with E-state index < -0.39 is 6.04 Å². The average Bonchev–Trinajstić information content (AvgIpc) is 2.41. The number of guanidine groups is 1. The predicted octanol–water partition coefficient (Wildman–Crippen LogP) is -2.19. The molecule has 0 saturated heterocycles. The lowest BCUT2D eigenvalue weighted by atomic mass is 10.1. The summed E-state index contributed by atoms with van der Waals surface area (Å²) in [6, 6.07) is -0.505. The first-order valence-corrected chi connectivity index (χ1v) is 7.07. The van der Waals surface area contributed by atoms with Crippen LogP contribution < -0.4 is 33.6 Å². The number of nitrogens with zero attached hydrogens (tertiary/aromatic N) is 1. The van der Waals surface area contributed by atoms with Crippen molar-refractivity contribution in [2.45, 2.75) is 31.7 Å². The summed E-state index contributed by atoms with van der Waals surface area (Å²) in [5.74, 6) is -0.0678. The molecule has 0 aliphatic carbocycles. The van der Waals surface area contributed by atoms with Crippen molar-refractivity contribution < 1.29 is 4.79 Å². The minimum absolute atomic E-state index is 0.0603. The minimum Gasteiger partial charge on any atom is -0.370 e. The van der Waals surface area contributed by atoms with E-state index in [9.17, 15) is 4.79 Å². The van der Waals surface area contributed by atoms with Crippen molar-refractivity contribution in [3.05, 3.63) is 0 Å². The van der Waals surface area contributed by atoms with Crippen LogP contribution in [-0.2, 0) is 4.79 Å². The maximum Gasteiger partial charge on any atom is 0.236 e. The molecule has 1 atom stereocenters. The highest BCUT2D eigenvalue weighted by atomic mass is 16.2. The summed E-state index contributed by atoms with van der Waals surface area (Å²) in [7, 11) is 0. The van der Waals surface area contributed by atoms with Crippen LogP contribution in [0.1, 0.15) is 25.7 Å². The van der Waals surface area contributed by atoms with Crippen LogP contribution in [0.15, 0.2) is 4.99 Å². The van der Waals surface area contributed by atoms with Gasteiger partial charge in [-0.2, -0.15) is 0 Å². The lowest BCUT2D eigenvalue weighted by molar-refractivity contribution is -0.122. The molecule has 0 fully saturated rings. The Labute approximate surface area is 120 Å². The second-order valence-corrected chi connectivity index (χ2v) is 4.59. The summed E-state index contributed by atoms with van der Waals surface area (Å²) < 4.78 is 0. The summed E-state index contributed by atoms with van der Waals surface area (Å²) in [6.45, 7) is 3.58. The predicted molar refractivity (Wildman–Crippen MR) is 82.1 cm³/mol.